The van der Waals surface area contributed by atoms with E-state index in [2.05, 4.69) is 10.00 Å². The Morgan fingerprint density at radius 2 is 1.87 bits per heavy atom. The lowest BCUT2D eigenvalue weighted by atomic mass is 10.2. The van der Waals surface area contributed by atoms with Crippen LogP contribution < -0.4 is 4.74 Å². The van der Waals surface area contributed by atoms with Gasteiger partial charge in [-0.15, -0.1) is 0 Å². The topological polar surface area (TPSA) is 70.9 Å². The zero-order valence-corrected chi connectivity index (χ0v) is 19.0. The van der Waals surface area contributed by atoms with Gasteiger partial charge in [0.2, 0.25) is 5.91 Å². The molecule has 1 aromatic heterocycles. The molecule has 0 atom stereocenters. The van der Waals surface area contributed by atoms with Crippen LogP contribution in [0.1, 0.15) is 36.3 Å². The van der Waals surface area contributed by atoms with Crippen LogP contribution in [0, 0.1) is 6.92 Å². The van der Waals surface area contributed by atoms with Crippen molar-refractivity contribution in [1.29, 1.82) is 0 Å². The number of likely N-dealkylation sites (N-methyl/N-ethyl adjacent to an activating group) is 1. The maximum atomic E-state index is 13.1. The first-order valence-corrected chi connectivity index (χ1v) is 11.0. The number of aromatic nitrogens is 2. The predicted molar refractivity (Wildman–Crippen MR) is 120 cm³/mol. The van der Waals surface area contributed by atoms with Crippen molar-refractivity contribution in [2.45, 2.75) is 27.2 Å². The average Bonchev–Trinajstić information content (AvgIpc) is 3.15. The molecular formula is C23H33N5O3. The van der Waals surface area contributed by atoms with Gasteiger partial charge in [-0.05, 0) is 51.0 Å². The van der Waals surface area contributed by atoms with Crippen molar-refractivity contribution in [2.24, 2.45) is 0 Å². The highest BCUT2D eigenvalue weighted by Gasteiger charge is 2.24. The number of hydrogen-bond acceptors (Lipinski definition) is 5. The second-order valence-electron chi connectivity index (χ2n) is 7.81. The van der Waals surface area contributed by atoms with Gasteiger partial charge in [-0.2, -0.15) is 5.10 Å². The molecule has 31 heavy (non-hydrogen) atoms. The molecule has 3 rings (SSSR count). The molecule has 2 aromatic rings. The summed E-state index contributed by atoms with van der Waals surface area (Å²) >= 11 is 0. The number of nitrogens with zero attached hydrogens (tertiary/aromatic N) is 5. The summed E-state index contributed by atoms with van der Waals surface area (Å²) in [7, 11) is 1.62. The van der Waals surface area contributed by atoms with Gasteiger partial charge in [0.1, 0.15) is 11.4 Å². The summed E-state index contributed by atoms with van der Waals surface area (Å²) in [6.45, 7) is 10.6. The summed E-state index contributed by atoms with van der Waals surface area (Å²) in [5.74, 6) is 0.772. The minimum atomic E-state index is -0.0812. The normalized spacial score (nSPS) is 14.9. The van der Waals surface area contributed by atoms with Crippen LogP contribution in [0.3, 0.4) is 0 Å². The van der Waals surface area contributed by atoms with E-state index in [9.17, 15) is 9.59 Å². The van der Waals surface area contributed by atoms with E-state index in [1.165, 1.54) is 0 Å². The molecule has 1 fully saturated rings. The third-order valence-electron chi connectivity index (χ3n) is 5.74. The summed E-state index contributed by atoms with van der Waals surface area (Å²) in [5, 5.41) is 4.52. The Kier molecular flexibility index (Phi) is 7.68. The van der Waals surface area contributed by atoms with E-state index in [1.54, 1.807) is 24.1 Å². The Labute approximate surface area is 184 Å². The molecule has 0 spiro atoms. The monoisotopic (exact) mass is 427 g/mol. The van der Waals surface area contributed by atoms with Gasteiger partial charge in [-0.3, -0.25) is 14.5 Å². The number of hydrogen-bond donors (Lipinski definition) is 0. The smallest absolute Gasteiger partial charge is 0.274 e. The first kappa shape index (κ1) is 22.8. The van der Waals surface area contributed by atoms with E-state index in [1.807, 2.05) is 48.8 Å². The van der Waals surface area contributed by atoms with Gasteiger partial charge in [0.05, 0.1) is 13.7 Å². The second kappa shape index (κ2) is 10.4. The van der Waals surface area contributed by atoms with Crippen molar-refractivity contribution in [2.75, 3.05) is 52.9 Å². The maximum Gasteiger partial charge on any atom is 0.274 e. The molecule has 168 valence electrons. The third kappa shape index (κ3) is 5.44. The molecule has 1 saturated heterocycles. The van der Waals surface area contributed by atoms with Crippen LogP contribution in [-0.4, -0.2) is 89.2 Å². The number of carbonyl (C=O) groups is 2. The third-order valence-corrected chi connectivity index (χ3v) is 5.74. The molecule has 8 nitrogen and oxygen atoms in total. The van der Waals surface area contributed by atoms with Crippen LogP contribution in [0.5, 0.6) is 5.75 Å². The lowest BCUT2D eigenvalue weighted by molar-refractivity contribution is -0.132. The molecule has 0 aliphatic carbocycles. The molecule has 0 bridgehead atoms. The van der Waals surface area contributed by atoms with Gasteiger partial charge >= 0.3 is 0 Å². The standard InChI is InChI=1S/C23H33N5O3/c1-5-26(6-2)22(29)17-25-11-7-12-27(15-14-25)23(30)19-10-13-28(24-19)20-16-18(3)8-9-21(20)31-4/h8-10,13,16H,5-7,11-12,14-15,17H2,1-4H3. The van der Waals surface area contributed by atoms with Crippen LogP contribution in [0.4, 0.5) is 0 Å². The molecule has 2 heterocycles. The van der Waals surface area contributed by atoms with E-state index in [-0.39, 0.29) is 11.8 Å². The molecule has 1 aliphatic rings. The number of carbonyl (C=O) groups excluding carboxylic acids is 2. The van der Waals surface area contributed by atoms with E-state index >= 15 is 0 Å². The van der Waals surface area contributed by atoms with Crippen molar-refractivity contribution in [1.82, 2.24) is 24.5 Å². The summed E-state index contributed by atoms with van der Waals surface area (Å²) < 4.78 is 7.13. The largest absolute Gasteiger partial charge is 0.494 e. The van der Waals surface area contributed by atoms with Crippen molar-refractivity contribution >= 4 is 11.8 Å². The highest BCUT2D eigenvalue weighted by Crippen LogP contribution is 2.23. The molecule has 0 N–H and O–H groups in total. The van der Waals surface area contributed by atoms with Crippen molar-refractivity contribution in [3.63, 3.8) is 0 Å². The number of rotatable bonds is 7. The Hall–Kier alpha value is -2.87. The van der Waals surface area contributed by atoms with Gasteiger partial charge in [0.25, 0.3) is 5.91 Å². The molecular weight excluding hydrogens is 394 g/mol. The Bertz CT molecular complexity index is 906. The van der Waals surface area contributed by atoms with E-state index in [0.717, 1.165) is 37.3 Å². The van der Waals surface area contributed by atoms with Crippen LogP contribution >= 0.6 is 0 Å². The Balaban J connectivity index is 1.65. The first-order valence-electron chi connectivity index (χ1n) is 11.0. The zero-order chi connectivity index (χ0) is 22.4. The van der Waals surface area contributed by atoms with Gasteiger partial charge in [-0.25, -0.2) is 4.68 Å². The van der Waals surface area contributed by atoms with Crippen LogP contribution in [0.2, 0.25) is 0 Å². The van der Waals surface area contributed by atoms with Gasteiger partial charge in [0, 0.05) is 45.5 Å². The summed E-state index contributed by atoms with van der Waals surface area (Å²) in [5.41, 5.74) is 2.31. The minimum absolute atomic E-state index is 0.0812. The fourth-order valence-corrected chi connectivity index (χ4v) is 3.91. The minimum Gasteiger partial charge on any atom is -0.494 e. The Morgan fingerprint density at radius 1 is 1.10 bits per heavy atom. The van der Waals surface area contributed by atoms with E-state index < -0.39 is 0 Å². The zero-order valence-electron chi connectivity index (χ0n) is 19.0. The molecule has 2 amide bonds. The van der Waals surface area contributed by atoms with E-state index in [0.29, 0.717) is 37.6 Å². The SMILES string of the molecule is CCN(CC)C(=O)CN1CCCN(C(=O)c2ccn(-c3cc(C)ccc3OC)n2)CC1. The summed E-state index contributed by atoms with van der Waals surface area (Å²) in [6.07, 6.45) is 2.63. The average molecular weight is 428 g/mol. The van der Waals surface area contributed by atoms with Crippen molar-refractivity contribution in [3.8, 4) is 11.4 Å². The van der Waals surface area contributed by atoms with Crippen LogP contribution in [0.25, 0.3) is 5.69 Å². The number of aryl methyl sites for hydroxylation is 1. The summed E-state index contributed by atoms with van der Waals surface area (Å²) in [4.78, 5) is 31.3. The quantitative estimate of drug-likeness (QED) is 0.678. The predicted octanol–water partition coefficient (Wildman–Crippen LogP) is 2.21. The first-order chi connectivity index (χ1) is 15.0. The molecule has 1 aliphatic heterocycles. The van der Waals surface area contributed by atoms with Gasteiger partial charge in [-0.1, -0.05) is 6.07 Å². The molecule has 8 heteroatoms. The number of methoxy groups -OCH3 is 1. The fraction of sp³-hybridized carbons (Fsp3) is 0.522. The molecule has 0 saturated carbocycles. The van der Waals surface area contributed by atoms with Crippen LogP contribution in [-0.2, 0) is 4.79 Å². The lowest BCUT2D eigenvalue weighted by Gasteiger charge is -2.25. The highest BCUT2D eigenvalue weighted by atomic mass is 16.5. The van der Waals surface area contributed by atoms with E-state index in [4.69, 9.17) is 4.74 Å². The molecule has 0 unspecified atom stereocenters. The van der Waals surface area contributed by atoms with Crippen molar-refractivity contribution in [3.05, 3.63) is 41.7 Å². The van der Waals surface area contributed by atoms with Crippen molar-refractivity contribution < 1.29 is 14.3 Å². The van der Waals surface area contributed by atoms with Crippen LogP contribution in [0.15, 0.2) is 30.5 Å². The lowest BCUT2D eigenvalue weighted by Crippen LogP contribution is -2.42. The molecule has 0 radical (unpaired) electrons. The summed E-state index contributed by atoms with van der Waals surface area (Å²) in [6, 6.07) is 7.61. The van der Waals surface area contributed by atoms with Gasteiger partial charge < -0.3 is 14.5 Å². The second-order valence-corrected chi connectivity index (χ2v) is 7.81. The van der Waals surface area contributed by atoms with Gasteiger partial charge in [0.15, 0.2) is 5.69 Å². The number of amides is 2. The molecule has 1 aromatic carbocycles. The highest BCUT2D eigenvalue weighted by molar-refractivity contribution is 5.92. The Morgan fingerprint density at radius 3 is 2.58 bits per heavy atom. The fourth-order valence-electron chi connectivity index (χ4n) is 3.91. The maximum absolute atomic E-state index is 13.1. The number of benzene rings is 1. The number of ether oxygens (including phenoxy) is 1.